The van der Waals surface area contributed by atoms with Crippen molar-refractivity contribution < 1.29 is 8.78 Å². The van der Waals surface area contributed by atoms with Crippen molar-refractivity contribution in [1.29, 1.82) is 0 Å². The molecule has 0 aliphatic heterocycles. The molecule has 2 rings (SSSR count). The Kier molecular flexibility index (Phi) is 5.64. The van der Waals surface area contributed by atoms with Crippen molar-refractivity contribution in [2.75, 3.05) is 0 Å². The molecular formula is C15H18F2N2S. The normalized spacial score (nSPS) is 12.6. The standard InChI is InChI=1S/C15H18F2N2S/c16-12-7-11(8-13(17)10-12)9-14(19-18)3-1-4-15-5-2-6-20-15/h2,5-8,10,14,19H,1,3-4,9,18H2. The summed E-state index contributed by atoms with van der Waals surface area (Å²) in [5.74, 6) is 4.43. The second-order valence-corrected chi connectivity index (χ2v) is 5.85. The lowest BCUT2D eigenvalue weighted by atomic mass is 10.0. The number of nitrogens with one attached hydrogen (secondary N) is 1. The first kappa shape index (κ1) is 15.1. The highest BCUT2D eigenvalue weighted by Gasteiger charge is 2.10. The Balaban J connectivity index is 1.85. The zero-order valence-corrected chi connectivity index (χ0v) is 11.9. The van der Waals surface area contributed by atoms with Gasteiger partial charge in [-0.2, -0.15) is 0 Å². The number of thiophene rings is 1. The summed E-state index contributed by atoms with van der Waals surface area (Å²) in [6, 6.07) is 7.76. The molecule has 108 valence electrons. The molecular weight excluding hydrogens is 278 g/mol. The molecule has 1 aromatic heterocycles. The maximum Gasteiger partial charge on any atom is 0.126 e. The summed E-state index contributed by atoms with van der Waals surface area (Å²) < 4.78 is 26.3. The SMILES string of the molecule is NNC(CCCc1cccs1)Cc1cc(F)cc(F)c1. The number of nitrogens with two attached hydrogens (primary N) is 1. The minimum absolute atomic E-state index is 0.0242. The summed E-state index contributed by atoms with van der Waals surface area (Å²) in [7, 11) is 0. The molecule has 0 saturated heterocycles. The number of aryl methyl sites for hydroxylation is 1. The van der Waals surface area contributed by atoms with Gasteiger partial charge < -0.3 is 0 Å². The van der Waals surface area contributed by atoms with E-state index in [1.807, 2.05) is 6.07 Å². The Hall–Kier alpha value is -1.30. The van der Waals surface area contributed by atoms with Crippen molar-refractivity contribution in [3.8, 4) is 0 Å². The third kappa shape index (κ3) is 4.67. The second kappa shape index (κ2) is 7.47. The van der Waals surface area contributed by atoms with E-state index >= 15 is 0 Å². The van der Waals surface area contributed by atoms with Crippen LogP contribution >= 0.6 is 11.3 Å². The van der Waals surface area contributed by atoms with Crippen molar-refractivity contribution in [2.45, 2.75) is 31.7 Å². The van der Waals surface area contributed by atoms with Crippen LogP contribution in [0.1, 0.15) is 23.3 Å². The number of halogens is 2. The van der Waals surface area contributed by atoms with Gasteiger partial charge in [-0.25, -0.2) is 8.78 Å². The summed E-state index contributed by atoms with van der Waals surface area (Å²) in [4.78, 5) is 1.34. The highest BCUT2D eigenvalue weighted by Crippen LogP contribution is 2.15. The van der Waals surface area contributed by atoms with Gasteiger partial charge in [0.05, 0.1) is 0 Å². The van der Waals surface area contributed by atoms with E-state index in [-0.39, 0.29) is 6.04 Å². The lowest BCUT2D eigenvalue weighted by Gasteiger charge is -2.15. The number of hydrazine groups is 1. The van der Waals surface area contributed by atoms with Gasteiger partial charge in [0.2, 0.25) is 0 Å². The van der Waals surface area contributed by atoms with Crippen molar-refractivity contribution in [3.05, 3.63) is 57.8 Å². The van der Waals surface area contributed by atoms with Gasteiger partial charge in [0, 0.05) is 17.0 Å². The zero-order chi connectivity index (χ0) is 14.4. The first-order chi connectivity index (χ1) is 9.67. The zero-order valence-electron chi connectivity index (χ0n) is 11.1. The molecule has 3 N–H and O–H groups in total. The smallest absolute Gasteiger partial charge is 0.126 e. The van der Waals surface area contributed by atoms with E-state index in [1.165, 1.54) is 17.0 Å². The molecule has 1 heterocycles. The lowest BCUT2D eigenvalue weighted by molar-refractivity contribution is 0.474. The fourth-order valence-corrected chi connectivity index (χ4v) is 2.99. The van der Waals surface area contributed by atoms with Crippen LogP contribution in [0.2, 0.25) is 0 Å². The highest BCUT2D eigenvalue weighted by atomic mass is 32.1. The van der Waals surface area contributed by atoms with Crippen LogP contribution in [-0.2, 0) is 12.8 Å². The van der Waals surface area contributed by atoms with E-state index in [4.69, 9.17) is 5.84 Å². The van der Waals surface area contributed by atoms with Crippen LogP contribution in [0.15, 0.2) is 35.7 Å². The number of benzene rings is 1. The van der Waals surface area contributed by atoms with Gasteiger partial charge in [0.1, 0.15) is 11.6 Å². The Labute approximate surface area is 121 Å². The molecule has 0 amide bonds. The monoisotopic (exact) mass is 296 g/mol. The van der Waals surface area contributed by atoms with Crippen LogP contribution in [0.3, 0.4) is 0 Å². The average molecular weight is 296 g/mol. The topological polar surface area (TPSA) is 38.0 Å². The van der Waals surface area contributed by atoms with Gasteiger partial charge in [-0.05, 0) is 54.8 Å². The molecule has 0 aliphatic carbocycles. The fourth-order valence-electron chi connectivity index (χ4n) is 2.24. The van der Waals surface area contributed by atoms with E-state index in [1.54, 1.807) is 11.3 Å². The van der Waals surface area contributed by atoms with Crippen molar-refractivity contribution >= 4 is 11.3 Å². The van der Waals surface area contributed by atoms with E-state index < -0.39 is 11.6 Å². The molecule has 0 spiro atoms. The third-order valence-corrected chi connectivity index (χ3v) is 4.13. The molecule has 0 saturated carbocycles. The molecule has 20 heavy (non-hydrogen) atoms. The summed E-state index contributed by atoms with van der Waals surface area (Å²) in [5.41, 5.74) is 3.35. The minimum atomic E-state index is -0.547. The summed E-state index contributed by atoms with van der Waals surface area (Å²) in [6.07, 6.45) is 3.39. The number of rotatable bonds is 7. The quantitative estimate of drug-likeness (QED) is 0.607. The summed E-state index contributed by atoms with van der Waals surface area (Å²) >= 11 is 1.74. The van der Waals surface area contributed by atoms with Crippen molar-refractivity contribution in [1.82, 2.24) is 5.43 Å². The van der Waals surface area contributed by atoms with Gasteiger partial charge in [0.25, 0.3) is 0 Å². The lowest BCUT2D eigenvalue weighted by Crippen LogP contribution is -2.36. The highest BCUT2D eigenvalue weighted by molar-refractivity contribution is 7.09. The van der Waals surface area contributed by atoms with Gasteiger partial charge in [0.15, 0.2) is 0 Å². The van der Waals surface area contributed by atoms with E-state index in [0.717, 1.165) is 25.3 Å². The predicted octanol–water partition coefficient (Wildman–Crippen LogP) is 3.42. The molecule has 5 heteroatoms. The van der Waals surface area contributed by atoms with Crippen molar-refractivity contribution in [3.63, 3.8) is 0 Å². The van der Waals surface area contributed by atoms with Crippen molar-refractivity contribution in [2.24, 2.45) is 5.84 Å². The maximum absolute atomic E-state index is 13.1. The first-order valence-corrected chi connectivity index (χ1v) is 7.49. The Bertz CT molecular complexity index is 508. The van der Waals surface area contributed by atoms with Crippen LogP contribution in [0.25, 0.3) is 0 Å². The number of hydrogen-bond acceptors (Lipinski definition) is 3. The minimum Gasteiger partial charge on any atom is -0.271 e. The largest absolute Gasteiger partial charge is 0.271 e. The Morgan fingerprint density at radius 2 is 1.95 bits per heavy atom. The molecule has 1 atom stereocenters. The molecule has 0 radical (unpaired) electrons. The average Bonchev–Trinajstić information content (AvgIpc) is 2.89. The fraction of sp³-hybridized carbons (Fsp3) is 0.333. The molecule has 0 fully saturated rings. The van der Waals surface area contributed by atoms with Crippen LogP contribution in [0.5, 0.6) is 0 Å². The van der Waals surface area contributed by atoms with Crippen LogP contribution in [0.4, 0.5) is 8.78 Å². The Morgan fingerprint density at radius 3 is 2.55 bits per heavy atom. The molecule has 2 nitrogen and oxygen atoms in total. The van der Waals surface area contributed by atoms with Gasteiger partial charge in [-0.3, -0.25) is 11.3 Å². The van der Waals surface area contributed by atoms with Crippen LogP contribution < -0.4 is 11.3 Å². The van der Waals surface area contributed by atoms with E-state index in [9.17, 15) is 8.78 Å². The molecule has 0 aliphatic rings. The summed E-state index contributed by atoms with van der Waals surface area (Å²) in [5, 5.41) is 2.06. The molecule has 0 bridgehead atoms. The third-order valence-electron chi connectivity index (χ3n) is 3.20. The summed E-state index contributed by atoms with van der Waals surface area (Å²) in [6.45, 7) is 0. The maximum atomic E-state index is 13.1. The molecule has 1 aromatic carbocycles. The first-order valence-electron chi connectivity index (χ1n) is 6.61. The van der Waals surface area contributed by atoms with Gasteiger partial charge >= 0.3 is 0 Å². The second-order valence-electron chi connectivity index (χ2n) is 4.82. The Morgan fingerprint density at radius 1 is 1.20 bits per heavy atom. The molecule has 2 aromatic rings. The predicted molar refractivity (Wildman–Crippen MR) is 78.4 cm³/mol. The van der Waals surface area contributed by atoms with E-state index in [2.05, 4.69) is 16.9 Å². The van der Waals surface area contributed by atoms with Crippen LogP contribution in [0, 0.1) is 11.6 Å². The molecule has 1 unspecified atom stereocenters. The van der Waals surface area contributed by atoms with Gasteiger partial charge in [-0.1, -0.05) is 6.07 Å². The van der Waals surface area contributed by atoms with E-state index in [0.29, 0.717) is 12.0 Å². The number of hydrogen-bond donors (Lipinski definition) is 2. The van der Waals surface area contributed by atoms with Crippen LogP contribution in [-0.4, -0.2) is 6.04 Å². The van der Waals surface area contributed by atoms with Gasteiger partial charge in [-0.15, -0.1) is 11.3 Å².